The van der Waals surface area contributed by atoms with E-state index in [1.165, 1.54) is 11.3 Å². The summed E-state index contributed by atoms with van der Waals surface area (Å²) in [6.45, 7) is 4.87. The Bertz CT molecular complexity index is 389. The molecule has 0 fully saturated rings. The van der Waals surface area contributed by atoms with Gasteiger partial charge in [-0.15, -0.1) is 0 Å². The van der Waals surface area contributed by atoms with E-state index in [1.54, 1.807) is 7.05 Å². The minimum Gasteiger partial charge on any atom is -0.352 e. The summed E-state index contributed by atoms with van der Waals surface area (Å²) >= 11 is 0. The van der Waals surface area contributed by atoms with Crippen LogP contribution in [0.25, 0.3) is 0 Å². The van der Waals surface area contributed by atoms with Gasteiger partial charge in [0.25, 0.3) is 0 Å². The molecule has 0 aliphatic carbocycles. The number of rotatable bonds is 2. The van der Waals surface area contributed by atoms with Crippen LogP contribution in [0, 0.1) is 13.8 Å². The highest BCUT2D eigenvalue weighted by molar-refractivity contribution is 5.79. The van der Waals surface area contributed by atoms with Crippen molar-refractivity contribution in [3.63, 3.8) is 0 Å². The summed E-state index contributed by atoms with van der Waals surface area (Å²) in [5.74, 6) is 0.877. The summed E-state index contributed by atoms with van der Waals surface area (Å²) in [6, 6.07) is 0. The van der Waals surface area contributed by atoms with E-state index in [4.69, 9.17) is 0 Å². The Morgan fingerprint density at radius 1 is 1.44 bits per heavy atom. The van der Waals surface area contributed by atoms with Crippen LogP contribution in [0.3, 0.4) is 0 Å². The van der Waals surface area contributed by atoms with Crippen molar-refractivity contribution in [2.45, 2.75) is 20.4 Å². The normalized spacial score (nSPS) is 11.8. The molecule has 1 heterocycles. The molecule has 0 saturated carbocycles. The third-order valence-corrected chi connectivity index (χ3v) is 2.72. The van der Waals surface area contributed by atoms with Gasteiger partial charge >= 0.3 is 0 Å². The molecule has 0 aliphatic heterocycles. The topological polar surface area (TPSA) is 45.5 Å². The maximum atomic E-state index is 4.38. The van der Waals surface area contributed by atoms with E-state index in [9.17, 15) is 0 Å². The predicted octanol–water partition coefficient (Wildman–Crippen LogP) is 0.674. The molecule has 1 aromatic heterocycles. The fraction of sp³-hybridized carbons (Fsp3) is 0.636. The molecule has 0 amide bonds. The molecule has 0 radical (unpaired) electrons. The first-order valence-electron chi connectivity index (χ1n) is 5.34. The molecule has 0 atom stereocenters. The second-order valence-electron chi connectivity index (χ2n) is 4.07. The first kappa shape index (κ1) is 12.5. The number of aromatic nitrogens is 2. The fourth-order valence-corrected chi connectivity index (χ4v) is 1.68. The van der Waals surface area contributed by atoms with E-state index in [2.05, 4.69) is 22.3 Å². The van der Waals surface area contributed by atoms with Crippen LogP contribution >= 0.6 is 0 Å². The van der Waals surface area contributed by atoms with Gasteiger partial charge in [0.05, 0.1) is 5.69 Å². The largest absolute Gasteiger partial charge is 0.352 e. The number of nitrogens with zero attached hydrogens (tertiary/aromatic N) is 4. The molecule has 1 aromatic rings. The van der Waals surface area contributed by atoms with Crippen LogP contribution in [0.2, 0.25) is 0 Å². The molecule has 0 saturated heterocycles. The minimum atomic E-state index is 0.760. The Kier molecular flexibility index (Phi) is 3.93. The van der Waals surface area contributed by atoms with Gasteiger partial charge in [-0.05, 0) is 13.8 Å². The van der Waals surface area contributed by atoms with Crippen molar-refractivity contribution >= 4 is 5.96 Å². The number of hydrogen-bond donors (Lipinski definition) is 1. The monoisotopic (exact) mass is 223 g/mol. The Hall–Kier alpha value is -1.52. The number of aliphatic imine (C=N–C) groups is 1. The molecule has 0 bridgehead atoms. The molecular formula is C11H21N5. The standard InChI is InChI=1S/C11H21N5/c1-8-10(9(2)16(6)14-8)7-13-11(12-3)15(4)5/h7H2,1-6H3,(H,12,13). The van der Waals surface area contributed by atoms with Gasteiger partial charge in [0.1, 0.15) is 0 Å². The molecule has 0 spiro atoms. The average Bonchev–Trinajstić information content (AvgIpc) is 2.44. The predicted molar refractivity (Wildman–Crippen MR) is 66.6 cm³/mol. The average molecular weight is 223 g/mol. The van der Waals surface area contributed by atoms with Crippen LogP contribution < -0.4 is 5.32 Å². The van der Waals surface area contributed by atoms with Gasteiger partial charge < -0.3 is 10.2 Å². The van der Waals surface area contributed by atoms with Crippen molar-refractivity contribution in [1.82, 2.24) is 20.0 Å². The van der Waals surface area contributed by atoms with Crippen molar-refractivity contribution in [2.75, 3.05) is 21.1 Å². The summed E-state index contributed by atoms with van der Waals surface area (Å²) in [5.41, 5.74) is 3.51. The first-order valence-corrected chi connectivity index (χ1v) is 5.34. The lowest BCUT2D eigenvalue weighted by Crippen LogP contribution is -2.35. The molecule has 0 aromatic carbocycles. The summed E-state index contributed by atoms with van der Waals surface area (Å²) in [7, 11) is 7.69. The molecular weight excluding hydrogens is 202 g/mol. The second kappa shape index (κ2) is 5.01. The Morgan fingerprint density at radius 3 is 2.44 bits per heavy atom. The minimum absolute atomic E-state index is 0.760. The second-order valence-corrected chi connectivity index (χ2v) is 4.07. The smallest absolute Gasteiger partial charge is 0.193 e. The lowest BCUT2D eigenvalue weighted by molar-refractivity contribution is 0.582. The van der Waals surface area contributed by atoms with Crippen LogP contribution in [0.15, 0.2) is 4.99 Å². The highest BCUT2D eigenvalue weighted by atomic mass is 15.3. The quantitative estimate of drug-likeness (QED) is 0.592. The van der Waals surface area contributed by atoms with Crippen molar-refractivity contribution in [2.24, 2.45) is 12.0 Å². The van der Waals surface area contributed by atoms with Gasteiger partial charge in [0, 0.05) is 46.0 Å². The summed E-state index contributed by atoms with van der Waals surface area (Å²) < 4.78 is 1.91. The fourth-order valence-electron chi connectivity index (χ4n) is 1.68. The van der Waals surface area contributed by atoms with Crippen LogP contribution in [0.4, 0.5) is 0 Å². The van der Waals surface area contributed by atoms with Gasteiger partial charge in [-0.3, -0.25) is 9.67 Å². The van der Waals surface area contributed by atoms with E-state index >= 15 is 0 Å². The summed E-state index contributed by atoms with van der Waals surface area (Å²) in [5, 5.41) is 7.69. The molecule has 1 rings (SSSR count). The maximum absolute atomic E-state index is 4.38. The lowest BCUT2D eigenvalue weighted by atomic mass is 10.2. The molecule has 0 unspecified atom stereocenters. The van der Waals surface area contributed by atoms with Crippen LogP contribution in [0.5, 0.6) is 0 Å². The first-order chi connectivity index (χ1) is 7.47. The van der Waals surface area contributed by atoms with Gasteiger partial charge in [-0.25, -0.2) is 0 Å². The zero-order valence-electron chi connectivity index (χ0n) is 11.0. The summed E-state index contributed by atoms with van der Waals surface area (Å²) in [4.78, 5) is 6.13. The van der Waals surface area contributed by atoms with Crippen molar-refractivity contribution < 1.29 is 0 Å². The highest BCUT2D eigenvalue weighted by Gasteiger charge is 2.09. The maximum Gasteiger partial charge on any atom is 0.193 e. The molecule has 0 aliphatic rings. The van der Waals surface area contributed by atoms with Crippen LogP contribution in [-0.2, 0) is 13.6 Å². The van der Waals surface area contributed by atoms with E-state index in [1.807, 2.05) is 37.6 Å². The number of guanidine groups is 1. The molecule has 16 heavy (non-hydrogen) atoms. The highest BCUT2D eigenvalue weighted by Crippen LogP contribution is 2.11. The number of hydrogen-bond acceptors (Lipinski definition) is 2. The molecule has 1 N–H and O–H groups in total. The molecule has 5 nitrogen and oxygen atoms in total. The number of nitrogens with one attached hydrogen (secondary N) is 1. The Balaban J connectivity index is 2.75. The Morgan fingerprint density at radius 2 is 2.06 bits per heavy atom. The molecule has 5 heteroatoms. The third-order valence-electron chi connectivity index (χ3n) is 2.72. The van der Waals surface area contributed by atoms with E-state index in [-0.39, 0.29) is 0 Å². The van der Waals surface area contributed by atoms with Gasteiger partial charge in [0.15, 0.2) is 5.96 Å². The van der Waals surface area contributed by atoms with E-state index < -0.39 is 0 Å². The van der Waals surface area contributed by atoms with Crippen LogP contribution in [-0.4, -0.2) is 41.8 Å². The molecule has 90 valence electrons. The van der Waals surface area contributed by atoms with Gasteiger partial charge in [-0.1, -0.05) is 0 Å². The lowest BCUT2D eigenvalue weighted by Gasteiger charge is -2.16. The van der Waals surface area contributed by atoms with E-state index in [0.29, 0.717) is 0 Å². The SMILES string of the molecule is CN=C(NCc1c(C)nn(C)c1C)N(C)C. The van der Waals surface area contributed by atoms with Gasteiger partial charge in [-0.2, -0.15) is 5.10 Å². The zero-order chi connectivity index (χ0) is 12.3. The van der Waals surface area contributed by atoms with Crippen molar-refractivity contribution in [3.8, 4) is 0 Å². The zero-order valence-corrected chi connectivity index (χ0v) is 11.0. The van der Waals surface area contributed by atoms with E-state index in [0.717, 1.165) is 18.2 Å². The van der Waals surface area contributed by atoms with Crippen LogP contribution in [0.1, 0.15) is 17.0 Å². The number of aryl methyl sites for hydroxylation is 2. The van der Waals surface area contributed by atoms with Crippen molar-refractivity contribution in [3.05, 3.63) is 17.0 Å². The third kappa shape index (κ3) is 2.53. The van der Waals surface area contributed by atoms with Crippen molar-refractivity contribution in [1.29, 1.82) is 0 Å². The summed E-state index contributed by atoms with van der Waals surface area (Å²) in [6.07, 6.45) is 0. The van der Waals surface area contributed by atoms with Gasteiger partial charge in [0.2, 0.25) is 0 Å². The Labute approximate surface area is 97.2 Å².